The topological polar surface area (TPSA) is 41.5 Å². The van der Waals surface area contributed by atoms with E-state index >= 15 is 0 Å². The Bertz CT molecular complexity index is 59.4. The molecule has 1 heterocycles. The Hall–Kier alpha value is -0.120. The van der Waals surface area contributed by atoms with Crippen LogP contribution in [-0.4, -0.2) is 37.5 Å². The fourth-order valence-electron chi connectivity index (χ4n) is 0.691. The van der Waals surface area contributed by atoms with Crippen molar-refractivity contribution in [1.29, 1.82) is 0 Å². The van der Waals surface area contributed by atoms with Gasteiger partial charge in [0.05, 0.1) is 19.3 Å². The number of ether oxygens (including phenoxy) is 1. The predicted octanol–water partition coefficient (Wildman–Crippen LogP) is -1.03. The van der Waals surface area contributed by atoms with Crippen molar-refractivity contribution in [3.8, 4) is 0 Å². The number of aliphatic hydroxyl groups is 1. The number of nitrogens with one attached hydrogen (secondary N) is 1. The number of hydrogen-bond donors (Lipinski definition) is 2. The Morgan fingerprint density at radius 1 is 1.62 bits per heavy atom. The average molecular weight is 117 g/mol. The quantitative estimate of drug-likeness (QED) is 0.426. The van der Waals surface area contributed by atoms with Gasteiger partial charge in [-0.2, -0.15) is 0 Å². The fraction of sp³-hybridized carbons (Fsp3) is 1.00. The van der Waals surface area contributed by atoms with Gasteiger partial charge in [0.2, 0.25) is 0 Å². The summed E-state index contributed by atoms with van der Waals surface area (Å²) in [6, 6.07) is 0. The zero-order valence-electron chi connectivity index (χ0n) is 4.76. The monoisotopic (exact) mass is 117 g/mol. The number of β-amino-alcohol motifs (C(OH)–C–C–N with tert-alkyl or cyclic N) is 1. The van der Waals surface area contributed by atoms with Crippen molar-refractivity contribution >= 4 is 0 Å². The summed E-state index contributed by atoms with van der Waals surface area (Å²) < 4.78 is 4.99. The normalized spacial score (nSPS) is 31.9. The van der Waals surface area contributed by atoms with Crippen LogP contribution in [0.5, 0.6) is 0 Å². The third-order valence-corrected chi connectivity index (χ3v) is 1.11. The Morgan fingerprint density at radius 3 is 3.38 bits per heavy atom. The highest BCUT2D eigenvalue weighted by Crippen LogP contribution is 1.86. The number of hydrogen-bond acceptors (Lipinski definition) is 3. The van der Waals surface area contributed by atoms with Gasteiger partial charge in [-0.3, -0.25) is 0 Å². The van der Waals surface area contributed by atoms with Gasteiger partial charge in [0.1, 0.15) is 0 Å². The van der Waals surface area contributed by atoms with Gasteiger partial charge < -0.3 is 15.2 Å². The first kappa shape index (κ1) is 6.01. The first-order valence-electron chi connectivity index (χ1n) is 2.86. The lowest BCUT2D eigenvalue weighted by Gasteiger charge is -2.02. The molecule has 0 amide bonds. The van der Waals surface area contributed by atoms with E-state index in [0.717, 1.165) is 13.2 Å². The van der Waals surface area contributed by atoms with Gasteiger partial charge in [-0.1, -0.05) is 0 Å². The van der Waals surface area contributed by atoms with Crippen LogP contribution in [0.25, 0.3) is 0 Å². The summed E-state index contributed by atoms with van der Waals surface area (Å²) in [5.41, 5.74) is 0. The lowest BCUT2D eigenvalue weighted by molar-refractivity contribution is 0.0594. The molecule has 1 atom stereocenters. The van der Waals surface area contributed by atoms with E-state index < -0.39 is 0 Å². The molecule has 2 N–H and O–H groups in total. The van der Waals surface area contributed by atoms with E-state index in [1.165, 1.54) is 0 Å². The second-order valence-electron chi connectivity index (χ2n) is 1.93. The second kappa shape index (κ2) is 3.02. The van der Waals surface area contributed by atoms with Gasteiger partial charge in [-0.05, 0) is 0 Å². The van der Waals surface area contributed by atoms with E-state index in [2.05, 4.69) is 5.32 Å². The van der Waals surface area contributed by atoms with Crippen LogP contribution in [0, 0.1) is 0 Å². The molecular formula is C5H11NO2. The van der Waals surface area contributed by atoms with Crippen LogP contribution in [0.15, 0.2) is 0 Å². The lowest BCUT2D eigenvalue weighted by Crippen LogP contribution is -2.26. The maximum atomic E-state index is 8.90. The SMILES string of the molecule is OC1CNCCOC1. The van der Waals surface area contributed by atoms with E-state index in [1.807, 2.05) is 0 Å². The molecule has 1 unspecified atom stereocenters. The van der Waals surface area contributed by atoms with E-state index in [9.17, 15) is 0 Å². The highest BCUT2D eigenvalue weighted by atomic mass is 16.5. The molecule has 1 fully saturated rings. The van der Waals surface area contributed by atoms with Crippen LogP contribution >= 0.6 is 0 Å². The Kier molecular flexibility index (Phi) is 2.27. The van der Waals surface area contributed by atoms with E-state index in [0.29, 0.717) is 13.2 Å². The molecule has 0 bridgehead atoms. The third kappa shape index (κ3) is 1.78. The average Bonchev–Trinajstić information content (AvgIpc) is 1.94. The van der Waals surface area contributed by atoms with Crippen molar-refractivity contribution in [2.24, 2.45) is 0 Å². The standard InChI is InChI=1S/C5H11NO2/c7-5-3-6-1-2-8-4-5/h5-7H,1-4H2. The summed E-state index contributed by atoms with van der Waals surface area (Å²) >= 11 is 0. The first-order valence-corrected chi connectivity index (χ1v) is 2.86. The van der Waals surface area contributed by atoms with Crippen LogP contribution < -0.4 is 5.32 Å². The molecule has 1 aliphatic heterocycles. The van der Waals surface area contributed by atoms with Crippen molar-refractivity contribution in [3.63, 3.8) is 0 Å². The van der Waals surface area contributed by atoms with Crippen LogP contribution in [-0.2, 0) is 4.74 Å². The van der Waals surface area contributed by atoms with Crippen LogP contribution in [0.3, 0.4) is 0 Å². The molecule has 0 aromatic carbocycles. The highest BCUT2D eigenvalue weighted by molar-refractivity contribution is 4.61. The molecule has 8 heavy (non-hydrogen) atoms. The summed E-state index contributed by atoms with van der Waals surface area (Å²) in [4.78, 5) is 0. The fourth-order valence-corrected chi connectivity index (χ4v) is 0.691. The minimum absolute atomic E-state index is 0.308. The molecule has 0 aliphatic carbocycles. The summed E-state index contributed by atoms with van der Waals surface area (Å²) in [5, 5.41) is 11.9. The van der Waals surface area contributed by atoms with Crippen LogP contribution in [0.2, 0.25) is 0 Å². The molecule has 1 saturated heterocycles. The summed E-state index contributed by atoms with van der Waals surface area (Å²) in [6.45, 7) is 2.72. The van der Waals surface area contributed by atoms with Crippen molar-refractivity contribution in [3.05, 3.63) is 0 Å². The van der Waals surface area contributed by atoms with E-state index in [1.54, 1.807) is 0 Å². The van der Waals surface area contributed by atoms with Gasteiger partial charge >= 0.3 is 0 Å². The van der Waals surface area contributed by atoms with Gasteiger partial charge in [0.25, 0.3) is 0 Å². The van der Waals surface area contributed by atoms with E-state index in [4.69, 9.17) is 9.84 Å². The zero-order chi connectivity index (χ0) is 5.82. The van der Waals surface area contributed by atoms with Crippen molar-refractivity contribution in [2.75, 3.05) is 26.3 Å². The zero-order valence-corrected chi connectivity index (χ0v) is 4.76. The molecule has 3 heteroatoms. The maximum absolute atomic E-state index is 8.90. The van der Waals surface area contributed by atoms with Crippen molar-refractivity contribution in [1.82, 2.24) is 5.32 Å². The molecule has 0 aromatic rings. The molecule has 0 radical (unpaired) electrons. The number of rotatable bonds is 0. The lowest BCUT2D eigenvalue weighted by atomic mass is 10.4. The molecule has 3 nitrogen and oxygen atoms in total. The van der Waals surface area contributed by atoms with Gasteiger partial charge in [0, 0.05) is 13.1 Å². The summed E-state index contributed by atoms with van der Waals surface area (Å²) in [5.74, 6) is 0. The Balaban J connectivity index is 2.17. The van der Waals surface area contributed by atoms with Crippen molar-refractivity contribution < 1.29 is 9.84 Å². The summed E-state index contributed by atoms with van der Waals surface area (Å²) in [6.07, 6.45) is -0.308. The van der Waals surface area contributed by atoms with Crippen LogP contribution in [0.1, 0.15) is 0 Å². The van der Waals surface area contributed by atoms with Crippen molar-refractivity contribution in [2.45, 2.75) is 6.10 Å². The maximum Gasteiger partial charge on any atom is 0.0897 e. The molecule has 0 saturated carbocycles. The summed E-state index contributed by atoms with van der Waals surface area (Å²) in [7, 11) is 0. The molecule has 0 aromatic heterocycles. The first-order chi connectivity index (χ1) is 3.89. The minimum atomic E-state index is -0.308. The second-order valence-corrected chi connectivity index (χ2v) is 1.93. The molecular weight excluding hydrogens is 106 g/mol. The third-order valence-electron chi connectivity index (χ3n) is 1.11. The largest absolute Gasteiger partial charge is 0.389 e. The Labute approximate surface area is 48.7 Å². The number of aliphatic hydroxyl groups excluding tert-OH is 1. The molecule has 48 valence electrons. The molecule has 0 spiro atoms. The van der Waals surface area contributed by atoms with Gasteiger partial charge in [-0.15, -0.1) is 0 Å². The predicted molar refractivity (Wildman–Crippen MR) is 29.7 cm³/mol. The highest BCUT2D eigenvalue weighted by Gasteiger charge is 2.05. The van der Waals surface area contributed by atoms with Crippen LogP contribution in [0.4, 0.5) is 0 Å². The van der Waals surface area contributed by atoms with E-state index in [-0.39, 0.29) is 6.10 Å². The van der Waals surface area contributed by atoms with Gasteiger partial charge in [-0.25, -0.2) is 0 Å². The molecule has 1 rings (SSSR count). The van der Waals surface area contributed by atoms with Gasteiger partial charge in [0.15, 0.2) is 0 Å². The molecule has 1 aliphatic rings. The smallest absolute Gasteiger partial charge is 0.0897 e. The minimum Gasteiger partial charge on any atom is -0.389 e. The Morgan fingerprint density at radius 2 is 2.50 bits per heavy atom.